The smallest absolute Gasteiger partial charge is 0.201 e. The van der Waals surface area contributed by atoms with Crippen LogP contribution in [0.1, 0.15) is 55.0 Å². The Morgan fingerprint density at radius 2 is 1.89 bits per heavy atom. The highest BCUT2D eigenvalue weighted by atomic mass is 15.1. The molecule has 2 heterocycles. The van der Waals surface area contributed by atoms with E-state index in [4.69, 9.17) is 0 Å². The second kappa shape index (κ2) is 5.82. The van der Waals surface area contributed by atoms with Gasteiger partial charge < -0.3 is 0 Å². The van der Waals surface area contributed by atoms with Gasteiger partial charge in [-0.25, -0.2) is 4.57 Å². The van der Waals surface area contributed by atoms with Gasteiger partial charge in [-0.05, 0) is 75.6 Å². The fraction of sp³-hybridized carbons (Fsp3) is 0.400. The van der Waals surface area contributed by atoms with Gasteiger partial charge in [-0.1, -0.05) is 42.3 Å². The zero-order chi connectivity index (χ0) is 18.8. The molecule has 1 aromatic carbocycles. The molecule has 2 aliphatic rings. The van der Waals surface area contributed by atoms with Crippen molar-refractivity contribution in [3.05, 3.63) is 76.9 Å². The maximum atomic E-state index is 2.52. The molecule has 1 fully saturated rings. The first kappa shape index (κ1) is 16.8. The largest absolute Gasteiger partial charge is 0.254 e. The number of hydrogen-bond acceptors (Lipinski definition) is 0. The van der Waals surface area contributed by atoms with Gasteiger partial charge in [-0.2, -0.15) is 4.40 Å². The van der Waals surface area contributed by atoms with Crippen LogP contribution in [0, 0.1) is 26.7 Å². The SMILES string of the molecule is Cc1cc(C)c(-[n+]2cc3cccc(C45CC=C(CC(C)C4)C5)n3c2)c(C)c1. The Labute approximate surface area is 162 Å². The number of aromatic nitrogens is 2. The fourth-order valence-electron chi connectivity index (χ4n) is 5.92. The number of allylic oxidation sites excluding steroid dienone is 2. The monoisotopic (exact) mass is 357 g/mol. The second-order valence-corrected chi connectivity index (χ2v) is 9.14. The molecule has 2 heteroatoms. The summed E-state index contributed by atoms with van der Waals surface area (Å²) in [5.41, 5.74) is 10.1. The molecule has 1 saturated carbocycles. The molecule has 27 heavy (non-hydrogen) atoms. The molecule has 0 saturated heterocycles. The molecule has 5 rings (SSSR count). The molecule has 2 aliphatic carbocycles. The summed E-state index contributed by atoms with van der Waals surface area (Å²) in [5.74, 6) is 0.784. The topological polar surface area (TPSA) is 8.29 Å². The Hall–Kier alpha value is -2.35. The average Bonchev–Trinajstić information content (AvgIpc) is 3.14. The van der Waals surface area contributed by atoms with E-state index in [1.54, 1.807) is 5.57 Å². The van der Waals surface area contributed by atoms with Crippen molar-refractivity contribution >= 4 is 5.52 Å². The van der Waals surface area contributed by atoms with E-state index in [2.05, 4.69) is 85.6 Å². The van der Waals surface area contributed by atoms with Crippen LogP contribution in [0.25, 0.3) is 11.2 Å². The van der Waals surface area contributed by atoms with Crippen molar-refractivity contribution in [2.45, 2.75) is 58.8 Å². The predicted molar refractivity (Wildman–Crippen MR) is 111 cm³/mol. The lowest BCUT2D eigenvalue weighted by atomic mass is 9.69. The first-order chi connectivity index (χ1) is 12.9. The van der Waals surface area contributed by atoms with Crippen molar-refractivity contribution in [3.63, 3.8) is 0 Å². The third kappa shape index (κ3) is 2.57. The van der Waals surface area contributed by atoms with Crippen LogP contribution in [0.5, 0.6) is 0 Å². The van der Waals surface area contributed by atoms with Crippen LogP contribution in [0.4, 0.5) is 0 Å². The first-order valence-electron chi connectivity index (χ1n) is 10.2. The van der Waals surface area contributed by atoms with Gasteiger partial charge in [-0.3, -0.25) is 0 Å². The minimum absolute atomic E-state index is 0.292. The van der Waals surface area contributed by atoms with Crippen LogP contribution in [0.2, 0.25) is 0 Å². The highest BCUT2D eigenvalue weighted by molar-refractivity contribution is 5.49. The number of fused-ring (bicyclic) bond motifs is 3. The molecule has 2 atom stereocenters. The van der Waals surface area contributed by atoms with E-state index in [1.165, 1.54) is 59.3 Å². The Morgan fingerprint density at radius 1 is 1.11 bits per heavy atom. The van der Waals surface area contributed by atoms with E-state index in [0.717, 1.165) is 5.92 Å². The summed E-state index contributed by atoms with van der Waals surface area (Å²) in [6.45, 7) is 9.04. The second-order valence-electron chi connectivity index (χ2n) is 9.14. The van der Waals surface area contributed by atoms with Gasteiger partial charge in [0.25, 0.3) is 6.33 Å². The van der Waals surface area contributed by atoms with Gasteiger partial charge in [0, 0.05) is 5.41 Å². The molecule has 2 nitrogen and oxygen atoms in total. The van der Waals surface area contributed by atoms with Gasteiger partial charge in [-0.15, -0.1) is 0 Å². The number of imidazole rings is 1. The zero-order valence-corrected chi connectivity index (χ0v) is 16.9. The zero-order valence-electron chi connectivity index (χ0n) is 16.9. The maximum Gasteiger partial charge on any atom is 0.254 e. The minimum atomic E-state index is 0.292. The average molecular weight is 358 g/mol. The highest BCUT2D eigenvalue weighted by Crippen LogP contribution is 2.51. The molecule has 138 valence electrons. The van der Waals surface area contributed by atoms with Crippen molar-refractivity contribution in [1.82, 2.24) is 4.40 Å². The summed E-state index contributed by atoms with van der Waals surface area (Å²) < 4.78 is 4.78. The van der Waals surface area contributed by atoms with Crippen molar-refractivity contribution in [2.75, 3.05) is 0 Å². The fourth-order valence-corrected chi connectivity index (χ4v) is 5.92. The van der Waals surface area contributed by atoms with Gasteiger partial charge in [0.05, 0.1) is 0 Å². The minimum Gasteiger partial charge on any atom is -0.201 e. The predicted octanol–water partition coefficient (Wildman–Crippen LogP) is 5.53. The molecule has 0 aliphatic heterocycles. The molecular weight excluding hydrogens is 328 g/mol. The molecular formula is C25H29N2+. The lowest BCUT2D eigenvalue weighted by Gasteiger charge is -2.35. The van der Waals surface area contributed by atoms with Crippen molar-refractivity contribution in [3.8, 4) is 5.69 Å². The van der Waals surface area contributed by atoms with Gasteiger partial charge >= 0.3 is 0 Å². The Kier molecular flexibility index (Phi) is 3.62. The lowest BCUT2D eigenvalue weighted by Crippen LogP contribution is -2.32. The number of hydrogen-bond donors (Lipinski definition) is 0. The summed E-state index contributed by atoms with van der Waals surface area (Å²) in [5, 5.41) is 0. The van der Waals surface area contributed by atoms with E-state index in [-0.39, 0.29) is 0 Å². The highest BCUT2D eigenvalue weighted by Gasteiger charge is 2.44. The summed E-state index contributed by atoms with van der Waals surface area (Å²) in [6, 6.07) is 11.4. The van der Waals surface area contributed by atoms with Crippen LogP contribution in [0.3, 0.4) is 0 Å². The standard InChI is InChI=1S/C25H29N2/c1-17-10-19(3)24(20(4)11-17)26-15-22-6-5-7-23(27(22)16-26)25-9-8-21(14-25)12-18(2)13-25/h5-8,10-11,15-16,18H,9,12-14H2,1-4H3/q+1. The molecule has 0 amide bonds. The van der Waals surface area contributed by atoms with Gasteiger partial charge in [0.2, 0.25) is 0 Å². The van der Waals surface area contributed by atoms with E-state index in [9.17, 15) is 0 Å². The number of rotatable bonds is 2. The Balaban J connectivity index is 1.68. The third-order valence-electron chi connectivity index (χ3n) is 6.70. The molecule has 2 bridgehead atoms. The van der Waals surface area contributed by atoms with E-state index in [1.807, 2.05) is 0 Å². The molecule has 2 aromatic heterocycles. The molecule has 0 radical (unpaired) electrons. The Bertz CT molecular complexity index is 1060. The van der Waals surface area contributed by atoms with Crippen LogP contribution < -0.4 is 4.57 Å². The van der Waals surface area contributed by atoms with Gasteiger partial charge in [0.15, 0.2) is 5.52 Å². The van der Waals surface area contributed by atoms with E-state index in [0.29, 0.717) is 5.41 Å². The number of nitrogens with zero attached hydrogens (tertiary/aromatic N) is 2. The van der Waals surface area contributed by atoms with Crippen LogP contribution in [-0.4, -0.2) is 4.40 Å². The molecule has 0 N–H and O–H groups in total. The van der Waals surface area contributed by atoms with E-state index < -0.39 is 0 Å². The molecule has 3 aromatic rings. The number of pyridine rings is 1. The number of benzene rings is 1. The van der Waals surface area contributed by atoms with Gasteiger partial charge in [0.1, 0.15) is 17.6 Å². The van der Waals surface area contributed by atoms with Crippen LogP contribution in [-0.2, 0) is 5.41 Å². The van der Waals surface area contributed by atoms with Crippen LogP contribution in [0.15, 0.2) is 54.5 Å². The van der Waals surface area contributed by atoms with E-state index >= 15 is 0 Å². The third-order valence-corrected chi connectivity index (χ3v) is 6.70. The first-order valence-corrected chi connectivity index (χ1v) is 10.2. The summed E-state index contributed by atoms with van der Waals surface area (Å²) >= 11 is 0. The lowest BCUT2D eigenvalue weighted by molar-refractivity contribution is -0.594. The molecule has 0 spiro atoms. The van der Waals surface area contributed by atoms with Crippen LogP contribution >= 0.6 is 0 Å². The normalized spacial score (nSPS) is 24.4. The van der Waals surface area contributed by atoms with Crippen molar-refractivity contribution < 1.29 is 4.57 Å². The quantitative estimate of drug-likeness (QED) is 0.421. The maximum absolute atomic E-state index is 2.52. The number of aryl methyl sites for hydroxylation is 3. The summed E-state index contributed by atoms with van der Waals surface area (Å²) in [7, 11) is 0. The van der Waals surface area contributed by atoms with Crippen molar-refractivity contribution in [2.24, 2.45) is 5.92 Å². The summed E-state index contributed by atoms with van der Waals surface area (Å²) in [4.78, 5) is 0. The summed E-state index contributed by atoms with van der Waals surface area (Å²) in [6.07, 6.45) is 12.2. The molecule has 2 unspecified atom stereocenters. The van der Waals surface area contributed by atoms with Crippen molar-refractivity contribution in [1.29, 1.82) is 0 Å². The Morgan fingerprint density at radius 3 is 2.67 bits per heavy atom.